The third kappa shape index (κ3) is 23.8. The summed E-state index contributed by atoms with van der Waals surface area (Å²) in [4.78, 5) is 64.5. The number of carbonyl (C=O) groups excluding carboxylic acids is 1. The number of halogens is 5. The first-order valence-corrected chi connectivity index (χ1v) is 24.1. The van der Waals surface area contributed by atoms with E-state index in [-0.39, 0.29) is 18.3 Å². The number of thioether (sulfide) groups is 1. The lowest BCUT2D eigenvalue weighted by atomic mass is 10.0. The maximum atomic E-state index is 10.8. The molecule has 0 aliphatic heterocycles. The van der Waals surface area contributed by atoms with Gasteiger partial charge in [0.05, 0.1) is 18.1 Å². The van der Waals surface area contributed by atoms with Crippen molar-refractivity contribution < 1.29 is 68.5 Å². The molecule has 0 spiro atoms. The van der Waals surface area contributed by atoms with Crippen LogP contribution in [0.4, 0.5) is 0 Å². The molecule has 4 atom stereocenters. The minimum absolute atomic E-state index is 0.267. The van der Waals surface area contributed by atoms with E-state index in [0.29, 0.717) is 51.9 Å². The molecule has 5 aromatic carbocycles. The number of carbonyl (C=O) groups is 6. The van der Waals surface area contributed by atoms with Gasteiger partial charge in [-0.2, -0.15) is 0 Å². The van der Waals surface area contributed by atoms with Gasteiger partial charge in [-0.15, -0.1) is 11.8 Å². The number of benzene rings is 5. The van der Waals surface area contributed by atoms with Crippen molar-refractivity contribution in [2.75, 3.05) is 0 Å². The number of rotatable bonds is 17. The van der Waals surface area contributed by atoms with Crippen molar-refractivity contribution in [1.82, 2.24) is 0 Å². The molecular formula is C49H49Br2Cl3O14S. The van der Waals surface area contributed by atoms with Gasteiger partial charge in [-0.05, 0) is 129 Å². The summed E-state index contributed by atoms with van der Waals surface area (Å²) in [7, 11) is 0. The largest absolute Gasteiger partial charge is 0.481 e. The number of carboxylic acid groups (broad SMARTS) is 5. The van der Waals surface area contributed by atoms with Gasteiger partial charge in [0, 0.05) is 41.8 Å². The van der Waals surface area contributed by atoms with E-state index in [4.69, 9.17) is 74.5 Å². The molecule has 0 aromatic heterocycles. The van der Waals surface area contributed by atoms with Crippen LogP contribution in [-0.2, 0) is 41.7 Å². The highest BCUT2D eigenvalue weighted by atomic mass is 79.9. The highest BCUT2D eigenvalue weighted by Crippen LogP contribution is 2.40. The summed E-state index contributed by atoms with van der Waals surface area (Å²) < 4.78 is 17.3. The summed E-state index contributed by atoms with van der Waals surface area (Å²) in [6, 6.07) is 33.4. The van der Waals surface area contributed by atoms with Crippen LogP contribution in [0.5, 0.6) is 11.5 Å². The standard InChI is InChI=1S/C10H9BrO4.C10H11BrO2.C10H9ClO3.C10H11ClO3.C9H9ClO2S/c1-6(10(13)14)15-9-3-2-8(11)4-7(9)5-12;1-7(10(12)13)6-8-2-4-9(11)5-3-8;11-7-1-3-8(4-2-7)14-10(5-6-10)9(12)13;1-7(10(12)13)14-6-8-2-4-9(11)5-3-8;1-6(9(11)12)13-8-4-2-7(10)3-5-8/h2-6H,1H3,(H,13,14);2-5,7H,6H2,1H3,(H,12,13);1-4H,5-6H2,(H,12,13);2-5,7H,6H2,1H3,(H,12,13);2-6H,1H3,(H,11,12)/t;;;7-;/m...0./s1. The molecule has 370 valence electrons. The Morgan fingerprint density at radius 1 is 0.638 bits per heavy atom. The van der Waals surface area contributed by atoms with Crippen LogP contribution in [0.25, 0.3) is 0 Å². The zero-order chi connectivity index (χ0) is 51.8. The maximum Gasteiger partial charge on any atom is 0.348 e. The second-order valence-electron chi connectivity index (χ2n) is 14.8. The van der Waals surface area contributed by atoms with Gasteiger partial charge in [-0.3, -0.25) is 14.4 Å². The molecule has 0 heterocycles. The lowest BCUT2D eigenvalue weighted by molar-refractivity contribution is -0.150. The summed E-state index contributed by atoms with van der Waals surface area (Å²) in [5, 5.41) is 44.9. The summed E-state index contributed by atoms with van der Waals surface area (Å²) in [5.74, 6) is -3.98. The fourth-order valence-electron chi connectivity index (χ4n) is 4.86. The van der Waals surface area contributed by atoms with Gasteiger partial charge in [0.2, 0.25) is 5.60 Å². The minimum Gasteiger partial charge on any atom is -0.481 e. The van der Waals surface area contributed by atoms with Crippen molar-refractivity contribution in [2.24, 2.45) is 5.92 Å². The maximum absolute atomic E-state index is 10.8. The third-order valence-electron chi connectivity index (χ3n) is 9.08. The van der Waals surface area contributed by atoms with Crippen molar-refractivity contribution >= 4 is 115 Å². The van der Waals surface area contributed by atoms with Gasteiger partial charge in [-0.1, -0.05) is 97.9 Å². The van der Waals surface area contributed by atoms with E-state index < -0.39 is 52.9 Å². The molecule has 5 N–H and O–H groups in total. The molecule has 3 unspecified atom stereocenters. The van der Waals surface area contributed by atoms with Crippen LogP contribution in [0.3, 0.4) is 0 Å². The number of carboxylic acids is 5. The van der Waals surface area contributed by atoms with Crippen LogP contribution in [0.15, 0.2) is 129 Å². The number of hydrogen-bond acceptors (Lipinski definition) is 10. The smallest absolute Gasteiger partial charge is 0.348 e. The monoisotopic (exact) mass is 1160 g/mol. The zero-order valence-electron chi connectivity index (χ0n) is 37.4. The van der Waals surface area contributed by atoms with Crippen LogP contribution >= 0.6 is 78.4 Å². The second kappa shape index (κ2) is 30.5. The lowest BCUT2D eigenvalue weighted by Gasteiger charge is -2.12. The first-order valence-electron chi connectivity index (χ1n) is 20.5. The highest BCUT2D eigenvalue weighted by molar-refractivity contribution is 9.10. The molecule has 6 rings (SSSR count). The number of hydrogen-bond donors (Lipinski definition) is 5. The molecule has 1 saturated carbocycles. The van der Waals surface area contributed by atoms with E-state index in [1.807, 2.05) is 36.4 Å². The third-order valence-corrected chi connectivity index (χ3v) is 12.0. The SMILES string of the molecule is CC(Cc1ccc(Br)cc1)C(=O)O.CC(Oc1ccc(Br)cc1C=O)C(=O)O.CC(Sc1ccc(Cl)cc1)C(=O)O.C[C@H](OCc1ccc(Cl)cc1)C(=O)O.O=C(O)C1(Oc2ccc(Cl)cc2)CC1. The summed E-state index contributed by atoms with van der Waals surface area (Å²) >= 11 is 24.9. The minimum atomic E-state index is -1.07. The van der Waals surface area contributed by atoms with Crippen LogP contribution in [0.2, 0.25) is 15.1 Å². The Balaban J connectivity index is 0.000000296. The fourth-order valence-corrected chi connectivity index (χ4v) is 6.69. The molecule has 1 aliphatic rings. The molecule has 0 amide bonds. The molecule has 5 aromatic rings. The summed E-state index contributed by atoms with van der Waals surface area (Å²) in [5.41, 5.74) is 1.30. The van der Waals surface area contributed by atoms with Gasteiger partial charge >= 0.3 is 29.8 Å². The Kier molecular flexibility index (Phi) is 26.5. The molecule has 0 bridgehead atoms. The first kappa shape index (κ1) is 60.0. The van der Waals surface area contributed by atoms with Crippen molar-refractivity contribution in [3.05, 3.63) is 156 Å². The van der Waals surface area contributed by atoms with Gasteiger partial charge in [0.15, 0.2) is 18.5 Å². The Morgan fingerprint density at radius 2 is 1.12 bits per heavy atom. The van der Waals surface area contributed by atoms with Crippen LogP contribution in [0, 0.1) is 5.92 Å². The lowest BCUT2D eigenvalue weighted by Crippen LogP contribution is -2.28. The van der Waals surface area contributed by atoms with Gasteiger partial charge in [0.1, 0.15) is 16.7 Å². The number of aliphatic carboxylic acids is 5. The van der Waals surface area contributed by atoms with E-state index in [0.717, 1.165) is 25.0 Å². The number of ether oxygens (including phenoxy) is 3. The molecule has 0 radical (unpaired) electrons. The summed E-state index contributed by atoms with van der Waals surface area (Å²) in [6.45, 7) is 6.55. The Hall–Kier alpha value is -5.14. The molecule has 0 saturated heterocycles. The normalized spacial score (nSPS) is 13.3. The fraction of sp³-hybridized carbons (Fsp3) is 0.265. The van der Waals surface area contributed by atoms with E-state index in [1.165, 1.54) is 25.6 Å². The average molecular weight is 1160 g/mol. The average Bonchev–Trinajstić information content (AvgIpc) is 4.10. The van der Waals surface area contributed by atoms with Crippen molar-refractivity contribution in [1.29, 1.82) is 0 Å². The first-order chi connectivity index (χ1) is 32.4. The van der Waals surface area contributed by atoms with Crippen LogP contribution in [-0.4, -0.2) is 84.7 Å². The molecule has 14 nitrogen and oxygen atoms in total. The van der Waals surface area contributed by atoms with Crippen LogP contribution < -0.4 is 9.47 Å². The van der Waals surface area contributed by atoms with E-state index in [1.54, 1.807) is 92.7 Å². The Bertz CT molecular complexity index is 2380. The van der Waals surface area contributed by atoms with E-state index in [9.17, 15) is 28.8 Å². The number of aldehydes is 1. The van der Waals surface area contributed by atoms with E-state index >= 15 is 0 Å². The molecule has 1 fully saturated rings. The summed E-state index contributed by atoms with van der Waals surface area (Å²) in [6.07, 6.45) is 0.586. The Morgan fingerprint density at radius 3 is 1.57 bits per heavy atom. The van der Waals surface area contributed by atoms with Crippen molar-refractivity contribution in [3.63, 3.8) is 0 Å². The van der Waals surface area contributed by atoms with Gasteiger partial charge in [-0.25, -0.2) is 14.4 Å². The van der Waals surface area contributed by atoms with Crippen LogP contribution in [0.1, 0.15) is 62.0 Å². The molecule has 20 heteroatoms. The molecule has 1 aliphatic carbocycles. The molecular weight excluding hydrogens is 1110 g/mol. The van der Waals surface area contributed by atoms with Crippen molar-refractivity contribution in [2.45, 2.75) is 81.5 Å². The van der Waals surface area contributed by atoms with E-state index in [2.05, 4.69) is 31.9 Å². The Labute approximate surface area is 435 Å². The van der Waals surface area contributed by atoms with Crippen molar-refractivity contribution in [3.8, 4) is 11.5 Å². The molecule has 69 heavy (non-hydrogen) atoms. The van der Waals surface area contributed by atoms with Gasteiger partial charge in [0.25, 0.3) is 0 Å². The zero-order valence-corrected chi connectivity index (χ0v) is 43.6. The predicted octanol–water partition coefficient (Wildman–Crippen LogP) is 12.4. The quantitative estimate of drug-likeness (QED) is 0.0430. The predicted molar refractivity (Wildman–Crippen MR) is 271 cm³/mol. The topological polar surface area (TPSA) is 231 Å². The second-order valence-corrected chi connectivity index (χ2v) is 19.3. The van der Waals surface area contributed by atoms with Gasteiger partial charge < -0.3 is 39.7 Å². The highest BCUT2D eigenvalue weighted by Gasteiger charge is 2.53.